The number of ether oxygens (including phenoxy) is 3. The third-order valence-corrected chi connectivity index (χ3v) is 6.35. The van der Waals surface area contributed by atoms with E-state index in [9.17, 15) is 14.0 Å². The molecule has 2 heterocycles. The molecule has 0 aliphatic carbocycles. The van der Waals surface area contributed by atoms with E-state index in [0.29, 0.717) is 47.2 Å². The maximum atomic E-state index is 14.9. The maximum Gasteiger partial charge on any atom is 0.313 e. The molecule has 1 aliphatic rings. The molecule has 0 atom stereocenters. The highest BCUT2D eigenvalue weighted by molar-refractivity contribution is 6.39. The number of pyridine rings is 1. The number of methoxy groups -OCH3 is 1. The number of nitrogens with one attached hydrogen (secondary N) is 2. The molecule has 37 heavy (non-hydrogen) atoms. The van der Waals surface area contributed by atoms with Crippen LogP contribution in [0.25, 0.3) is 10.9 Å². The molecule has 0 saturated carbocycles. The quantitative estimate of drug-likeness (QED) is 0.442. The first-order valence-electron chi connectivity index (χ1n) is 12.2. The number of anilines is 1. The van der Waals surface area contributed by atoms with E-state index in [2.05, 4.69) is 15.6 Å². The average molecular weight is 511 g/mol. The minimum Gasteiger partial charge on any atom is -0.493 e. The average Bonchev–Trinajstić information content (AvgIpc) is 2.92. The molecule has 0 bridgehead atoms. The molecule has 1 saturated heterocycles. The summed E-state index contributed by atoms with van der Waals surface area (Å²) in [6, 6.07) is 9.14. The van der Waals surface area contributed by atoms with Crippen molar-refractivity contribution >= 4 is 28.4 Å². The summed E-state index contributed by atoms with van der Waals surface area (Å²) in [6.07, 6.45) is 3.70. The summed E-state index contributed by atoms with van der Waals surface area (Å²) >= 11 is 0. The van der Waals surface area contributed by atoms with E-state index in [-0.39, 0.29) is 11.4 Å². The van der Waals surface area contributed by atoms with Crippen molar-refractivity contribution in [2.45, 2.75) is 19.8 Å². The molecule has 3 aromatic rings. The van der Waals surface area contributed by atoms with Gasteiger partial charge in [-0.25, -0.2) is 4.39 Å². The number of nitrogens with zero attached hydrogens (tertiary/aromatic N) is 2. The number of hydrogen-bond acceptors (Lipinski definition) is 7. The summed E-state index contributed by atoms with van der Waals surface area (Å²) in [5, 5.41) is 6.38. The second-order valence-electron chi connectivity index (χ2n) is 8.85. The first kappa shape index (κ1) is 26.2. The van der Waals surface area contributed by atoms with Crippen molar-refractivity contribution < 1.29 is 28.2 Å². The van der Waals surface area contributed by atoms with Gasteiger partial charge in [-0.1, -0.05) is 0 Å². The number of carbonyl (C=O) groups excluding carboxylic acids is 2. The molecule has 0 radical (unpaired) electrons. The minimum absolute atomic E-state index is 0.0484. The standard InChI is InChI=1S/C27H31FN4O5/c1-4-32(2)27(34)26(33)31-18-5-6-23(20(28)13-18)37-22-9-12-30-21-15-25(24(35-3)14-19(21)22)36-16-17-7-10-29-11-8-17/h5-6,9,12-15,17,29H,4,7-8,10-11,16H2,1-3H3,(H,31,33). The lowest BCUT2D eigenvalue weighted by Crippen LogP contribution is -2.36. The van der Waals surface area contributed by atoms with E-state index in [1.165, 1.54) is 24.1 Å². The second kappa shape index (κ2) is 11.9. The van der Waals surface area contributed by atoms with Crippen molar-refractivity contribution in [1.29, 1.82) is 0 Å². The van der Waals surface area contributed by atoms with E-state index < -0.39 is 17.6 Å². The minimum atomic E-state index is -0.845. The van der Waals surface area contributed by atoms with Crippen LogP contribution in [0.4, 0.5) is 10.1 Å². The third-order valence-electron chi connectivity index (χ3n) is 6.35. The third kappa shape index (κ3) is 6.26. The summed E-state index contributed by atoms with van der Waals surface area (Å²) in [7, 11) is 3.07. The summed E-state index contributed by atoms with van der Waals surface area (Å²) in [6.45, 7) is 4.70. The first-order valence-corrected chi connectivity index (χ1v) is 12.2. The van der Waals surface area contributed by atoms with Crippen LogP contribution in [0.15, 0.2) is 42.6 Å². The number of benzene rings is 2. The molecule has 2 aromatic carbocycles. The lowest BCUT2D eigenvalue weighted by Gasteiger charge is -2.23. The highest BCUT2D eigenvalue weighted by Gasteiger charge is 2.19. The van der Waals surface area contributed by atoms with Gasteiger partial charge in [-0.3, -0.25) is 14.6 Å². The lowest BCUT2D eigenvalue weighted by atomic mass is 9.99. The summed E-state index contributed by atoms with van der Waals surface area (Å²) in [5.41, 5.74) is 0.756. The van der Waals surface area contributed by atoms with Gasteiger partial charge in [0, 0.05) is 43.0 Å². The van der Waals surface area contributed by atoms with Crippen LogP contribution >= 0.6 is 0 Å². The zero-order valence-corrected chi connectivity index (χ0v) is 21.2. The Balaban J connectivity index is 1.52. The maximum absolute atomic E-state index is 14.9. The van der Waals surface area contributed by atoms with E-state index in [1.807, 2.05) is 0 Å². The number of likely N-dealkylation sites (N-methyl/N-ethyl adjacent to an activating group) is 1. The van der Waals surface area contributed by atoms with Gasteiger partial charge in [0.15, 0.2) is 23.1 Å². The van der Waals surface area contributed by atoms with Crippen LogP contribution in [0.5, 0.6) is 23.0 Å². The first-order chi connectivity index (χ1) is 17.9. The van der Waals surface area contributed by atoms with Crippen LogP contribution in [0, 0.1) is 11.7 Å². The van der Waals surface area contributed by atoms with Crippen molar-refractivity contribution in [3.63, 3.8) is 0 Å². The molecule has 4 rings (SSSR count). The zero-order valence-electron chi connectivity index (χ0n) is 21.2. The Bertz CT molecular complexity index is 1280. The van der Waals surface area contributed by atoms with Crippen LogP contribution in [0.1, 0.15) is 19.8 Å². The Kier molecular flexibility index (Phi) is 8.39. The predicted molar refractivity (Wildman–Crippen MR) is 138 cm³/mol. The molecule has 9 nitrogen and oxygen atoms in total. The summed E-state index contributed by atoms with van der Waals surface area (Å²) in [5.74, 6) is -0.329. The molecular weight excluding hydrogens is 479 g/mol. The Hall–Kier alpha value is -3.92. The fraction of sp³-hybridized carbons (Fsp3) is 0.370. The topological polar surface area (TPSA) is 102 Å². The largest absolute Gasteiger partial charge is 0.493 e. The van der Waals surface area contributed by atoms with E-state index in [4.69, 9.17) is 14.2 Å². The number of hydrogen-bond donors (Lipinski definition) is 2. The molecule has 1 fully saturated rings. The predicted octanol–water partition coefficient (Wildman–Crippen LogP) is 3.97. The van der Waals surface area contributed by atoms with Crippen molar-refractivity contribution in [3.8, 4) is 23.0 Å². The lowest BCUT2D eigenvalue weighted by molar-refractivity contribution is -0.142. The van der Waals surface area contributed by atoms with Crippen molar-refractivity contribution in [3.05, 3.63) is 48.4 Å². The van der Waals surface area contributed by atoms with Gasteiger partial charge in [0.05, 0.1) is 19.2 Å². The van der Waals surface area contributed by atoms with Gasteiger partial charge in [-0.2, -0.15) is 0 Å². The smallest absolute Gasteiger partial charge is 0.313 e. The van der Waals surface area contributed by atoms with Gasteiger partial charge in [-0.05, 0) is 63.0 Å². The molecule has 196 valence electrons. The van der Waals surface area contributed by atoms with Gasteiger partial charge >= 0.3 is 11.8 Å². The highest BCUT2D eigenvalue weighted by atomic mass is 19.1. The van der Waals surface area contributed by atoms with Gasteiger partial charge in [-0.15, -0.1) is 0 Å². The Morgan fingerprint density at radius 2 is 1.89 bits per heavy atom. The number of carbonyl (C=O) groups is 2. The van der Waals surface area contributed by atoms with Crippen LogP contribution < -0.4 is 24.8 Å². The molecule has 2 N–H and O–H groups in total. The normalized spacial score (nSPS) is 13.7. The van der Waals surface area contributed by atoms with Gasteiger partial charge in [0.2, 0.25) is 0 Å². The van der Waals surface area contributed by atoms with Crippen molar-refractivity contribution in [2.24, 2.45) is 5.92 Å². The molecule has 10 heteroatoms. The van der Waals surface area contributed by atoms with Gasteiger partial charge in [0.25, 0.3) is 0 Å². The monoisotopic (exact) mass is 510 g/mol. The summed E-state index contributed by atoms with van der Waals surface area (Å²) < 4.78 is 32.4. The number of halogens is 1. The number of fused-ring (bicyclic) bond motifs is 1. The van der Waals surface area contributed by atoms with E-state index in [1.54, 1.807) is 38.4 Å². The Morgan fingerprint density at radius 3 is 2.59 bits per heavy atom. The Morgan fingerprint density at radius 1 is 1.11 bits per heavy atom. The van der Waals surface area contributed by atoms with Crippen molar-refractivity contribution in [1.82, 2.24) is 15.2 Å². The molecule has 1 aliphatic heterocycles. The molecule has 1 aromatic heterocycles. The molecule has 0 unspecified atom stereocenters. The zero-order chi connectivity index (χ0) is 26.4. The summed E-state index contributed by atoms with van der Waals surface area (Å²) in [4.78, 5) is 29.7. The van der Waals surface area contributed by atoms with Crippen LogP contribution in [0.2, 0.25) is 0 Å². The second-order valence-corrected chi connectivity index (χ2v) is 8.85. The highest BCUT2D eigenvalue weighted by Crippen LogP contribution is 2.38. The number of piperidine rings is 1. The molecule has 0 spiro atoms. The Labute approximate surface area is 214 Å². The number of rotatable bonds is 8. The fourth-order valence-corrected chi connectivity index (χ4v) is 4.03. The van der Waals surface area contributed by atoms with E-state index >= 15 is 0 Å². The van der Waals surface area contributed by atoms with Crippen LogP contribution in [-0.4, -0.2) is 62.1 Å². The van der Waals surface area contributed by atoms with Crippen molar-refractivity contribution in [2.75, 3.05) is 45.7 Å². The van der Waals surface area contributed by atoms with Crippen LogP contribution in [0.3, 0.4) is 0 Å². The molecular formula is C27H31FN4O5. The number of amides is 2. The fourth-order valence-electron chi connectivity index (χ4n) is 4.03. The van der Waals surface area contributed by atoms with Gasteiger partial charge < -0.3 is 29.7 Å². The van der Waals surface area contributed by atoms with Crippen LogP contribution in [-0.2, 0) is 9.59 Å². The van der Waals surface area contributed by atoms with Gasteiger partial charge in [0.1, 0.15) is 5.75 Å². The van der Waals surface area contributed by atoms with E-state index in [0.717, 1.165) is 32.0 Å². The molecule has 2 amide bonds. The SMILES string of the molecule is CCN(C)C(=O)C(=O)Nc1ccc(Oc2ccnc3cc(OCC4CCNCC4)c(OC)cc23)c(F)c1. The number of aromatic nitrogens is 1.